The molecule has 0 aliphatic carbocycles. The second kappa shape index (κ2) is 54.7. The van der Waals surface area contributed by atoms with Crippen LogP contribution in [0.1, 0.15) is 152 Å². The van der Waals surface area contributed by atoms with Crippen molar-refractivity contribution in [1.29, 1.82) is 0 Å². The zero-order chi connectivity index (χ0) is 107. The van der Waals surface area contributed by atoms with Gasteiger partial charge in [-0.05, 0) is 194 Å². The lowest BCUT2D eigenvalue weighted by molar-refractivity contribution is -0.143. The number of carbonyl (C=O) groups excluding carboxylic acids is 10. The maximum atomic E-state index is 13.9. The van der Waals surface area contributed by atoms with E-state index in [1.165, 1.54) is 51.1 Å². The number of halogens is 10. The van der Waals surface area contributed by atoms with Gasteiger partial charge in [0, 0.05) is 176 Å². The number of amides is 5. The number of rotatable bonds is 31. The number of carbonyl (C=O) groups is 10. The number of methoxy groups -OCH3 is 5. The number of esters is 5. The lowest BCUT2D eigenvalue weighted by Crippen LogP contribution is -2.40. The van der Waals surface area contributed by atoms with Crippen LogP contribution in [0.4, 0.5) is 22.0 Å². The van der Waals surface area contributed by atoms with Crippen LogP contribution in [0.2, 0.25) is 25.1 Å². The highest BCUT2D eigenvalue weighted by atomic mass is 35.5. The lowest BCUT2D eigenvalue weighted by atomic mass is 9.83. The van der Waals surface area contributed by atoms with Crippen LogP contribution in [0.3, 0.4) is 0 Å². The quantitative estimate of drug-likeness (QED) is 0.0222. The molecule has 5 aliphatic heterocycles. The van der Waals surface area contributed by atoms with Crippen LogP contribution in [0.5, 0.6) is 11.5 Å². The fourth-order valence-corrected chi connectivity index (χ4v) is 18.0. The Morgan fingerprint density at radius 1 is 0.297 bits per heavy atom. The maximum Gasteiger partial charge on any atom is 0.336 e. The third kappa shape index (κ3) is 30.0. The Hall–Kier alpha value is -13.8. The molecular weight excluding hydrogens is 2020 g/mol. The number of ether oxygens (including phenoxy) is 10. The average Bonchev–Trinajstić information content (AvgIpc) is 0.874. The molecule has 5 aliphatic rings. The first-order valence-electron chi connectivity index (χ1n) is 46.8. The Kier molecular flexibility index (Phi) is 42.3. The van der Waals surface area contributed by atoms with Gasteiger partial charge in [-0.25, -0.2) is 45.9 Å². The van der Waals surface area contributed by atoms with Crippen molar-refractivity contribution in [2.45, 2.75) is 129 Å². The van der Waals surface area contributed by atoms with Crippen molar-refractivity contribution in [3.8, 4) is 11.5 Å². The Morgan fingerprint density at radius 3 is 0.919 bits per heavy atom. The predicted molar refractivity (Wildman–Crippen MR) is 548 cm³/mol. The molecule has 5 heterocycles. The number of hydrogen-bond acceptors (Lipinski definition) is 20. The summed E-state index contributed by atoms with van der Waals surface area (Å²) in [6.07, 6.45) is 0.661. The van der Waals surface area contributed by atoms with Crippen molar-refractivity contribution in [2.24, 2.45) is 0 Å². The Labute approximate surface area is 880 Å². The molecule has 0 saturated carbocycles. The fourth-order valence-electron chi connectivity index (χ4n) is 17.3. The molecule has 0 fully saturated rings. The van der Waals surface area contributed by atoms with Crippen molar-refractivity contribution in [2.75, 3.05) is 89.1 Å². The third-order valence-electron chi connectivity index (χ3n) is 25.6. The van der Waals surface area contributed by atoms with E-state index in [4.69, 9.17) is 105 Å². The van der Waals surface area contributed by atoms with E-state index in [9.17, 15) is 69.9 Å². The number of benzene rings is 10. The predicted octanol–water partition coefficient (Wildman–Crippen LogP) is 22.3. The van der Waals surface area contributed by atoms with E-state index in [2.05, 4.69) is 0 Å². The van der Waals surface area contributed by atoms with Crippen molar-refractivity contribution in [3.63, 3.8) is 0 Å². The van der Waals surface area contributed by atoms with Gasteiger partial charge in [-0.3, -0.25) is 24.0 Å². The van der Waals surface area contributed by atoms with Gasteiger partial charge in [0.25, 0.3) is 0 Å². The van der Waals surface area contributed by atoms with Gasteiger partial charge in [-0.1, -0.05) is 173 Å². The number of nitrogens with zero attached hydrogens (tertiary/aromatic N) is 5. The summed E-state index contributed by atoms with van der Waals surface area (Å²) in [5.74, 6) is -7.16. The summed E-state index contributed by atoms with van der Waals surface area (Å²) < 4.78 is 121. The van der Waals surface area contributed by atoms with Crippen molar-refractivity contribution in [1.82, 2.24) is 24.5 Å². The molecule has 10 aromatic rings. The van der Waals surface area contributed by atoms with Gasteiger partial charge in [-0.2, -0.15) is 0 Å². The van der Waals surface area contributed by atoms with Crippen LogP contribution in [0.25, 0.3) is 0 Å². The first-order chi connectivity index (χ1) is 70.9. The molecule has 0 saturated heterocycles. The number of hydrogen-bond donors (Lipinski definition) is 0. The van der Waals surface area contributed by atoms with E-state index in [0.717, 1.165) is 45.5 Å². The van der Waals surface area contributed by atoms with Gasteiger partial charge < -0.3 is 71.9 Å². The van der Waals surface area contributed by atoms with E-state index >= 15 is 0 Å². The van der Waals surface area contributed by atoms with Crippen LogP contribution < -0.4 is 9.47 Å². The van der Waals surface area contributed by atoms with Gasteiger partial charge in [0.05, 0.1) is 67.5 Å². The van der Waals surface area contributed by atoms with Gasteiger partial charge in [0.15, 0.2) is 11.5 Å². The summed E-state index contributed by atoms with van der Waals surface area (Å²) in [6, 6.07) is 61.7. The van der Waals surface area contributed by atoms with E-state index < -0.39 is 83.4 Å². The summed E-state index contributed by atoms with van der Waals surface area (Å²) in [5, 5.41) is 2.83. The number of allylic oxidation sites excluding steroid dienone is 5. The molecule has 10 aromatic carbocycles. The molecule has 15 rings (SSSR count). The Morgan fingerprint density at radius 2 is 0.588 bits per heavy atom. The van der Waals surface area contributed by atoms with Crippen LogP contribution in [-0.2, 0) is 119 Å². The minimum absolute atomic E-state index is 0.00918. The zero-order valence-corrected chi connectivity index (χ0v) is 87.1. The Bertz CT molecular complexity index is 6610. The summed E-state index contributed by atoms with van der Waals surface area (Å²) in [6.45, 7) is 9.93. The molecule has 0 bridgehead atoms. The smallest absolute Gasteiger partial charge is 0.336 e. The zero-order valence-electron chi connectivity index (χ0n) is 83.3. The van der Waals surface area contributed by atoms with Crippen molar-refractivity contribution < 1.29 is 117 Å². The first-order valence-corrected chi connectivity index (χ1v) is 48.7. The summed E-state index contributed by atoms with van der Waals surface area (Å²) >= 11 is 29.9. The van der Waals surface area contributed by atoms with Crippen molar-refractivity contribution >= 4 is 117 Å². The largest absolute Gasteiger partial charge is 0.493 e. The van der Waals surface area contributed by atoms with Gasteiger partial charge in [-0.15, -0.1) is 0 Å². The highest BCUT2D eigenvalue weighted by molar-refractivity contribution is 6.32. The molecule has 5 amide bonds. The molecule has 0 spiro atoms. The SMILES string of the molecule is CC1=C(C(=O)OCc2c(F)cccc2F)C(c2ccc(Cl)cc2)CC(=O)N1C.COCCN1C(=O)CC(c2ccc(Cl)cc2)C(C(=O)OCc2ccc(F)cc2)=C1C.COCCN1C(=O)CC(c2ccc(Cl)cc2)C(C(=O)OCc2cccc(F)c2)=C1C.COCCN1C(=O)CC(c2ccc(Cl)cc2)C(C(=O)OCc2ccccc2F)=C1C.COc1ccc(COC(=O)C2=C(C)N(C)C(=O)CC2c2ccc(Cl)cc2)cc1OC. The Balaban J connectivity index is 0.000000176. The lowest BCUT2D eigenvalue weighted by Gasteiger charge is -2.34. The first kappa shape index (κ1) is 114. The maximum absolute atomic E-state index is 13.9. The standard InChI is InChI=1S/3C23H23ClFNO4.C23H24ClNO5.C21H18ClF2NO3/c1-15-22(23(28)30-14-16-3-9-19(25)10-4-16)20(17-5-7-18(24)8-6-17)13-21(27)26(15)11-12-29-2;1-15-22(23(28)30-14-16-4-3-5-19(25)12-16)20(17-6-8-18(24)9-7-17)13-21(27)26(15)10-11-29-2;1-15-22(23(28)30-14-17-5-3-4-6-20(17)25)19(16-7-9-18(24)10-8-16)13-21(27)26(15)11-12-29-2;1-14-22(18(12-21(26)25(14)2)16-6-8-17(24)9-7-16)23(27)30-13-15-5-10-19(28-3)20(11-15)29-4;1-12-20(21(27)28-11-16-17(23)4-3-5-18(16)24)15(10-19(26)25(12)2)13-6-8-14(22)9-7-13/h3-10,20H,11-14H2,1-2H3;3-9,12,20H,10-11,13-14H2,1-2H3;3-10,19H,11-14H2,1-2H3;5-11,18H,12-13H2,1-4H3;3-9,15H,10-11H2,1-2H3. The molecule has 25 nitrogen and oxygen atoms in total. The fraction of sp³-hybridized carbons (Fsp3) is 0.292. The third-order valence-corrected chi connectivity index (χ3v) is 26.8. The molecule has 5 unspecified atom stereocenters. The highest BCUT2D eigenvalue weighted by Gasteiger charge is 2.43. The van der Waals surface area contributed by atoms with Gasteiger partial charge >= 0.3 is 29.8 Å². The normalized spacial score (nSPS) is 16.8. The molecule has 0 N–H and O–H groups in total. The molecule has 35 heteroatoms. The second-order valence-corrected chi connectivity index (χ2v) is 36.9. The van der Waals surface area contributed by atoms with Crippen LogP contribution in [0, 0.1) is 29.1 Å². The molecule has 778 valence electrons. The molecule has 5 atom stereocenters. The summed E-state index contributed by atoms with van der Waals surface area (Å²) in [7, 11) is 11.0. The van der Waals surface area contributed by atoms with Crippen molar-refractivity contribution in [3.05, 3.63) is 397 Å². The molecular formula is C113H111Cl5F5N5O20. The summed E-state index contributed by atoms with van der Waals surface area (Å²) in [4.78, 5) is 136. The van der Waals surface area contributed by atoms with Crippen LogP contribution in [0.15, 0.2) is 287 Å². The van der Waals surface area contributed by atoms with Gasteiger partial charge in [0.2, 0.25) is 29.5 Å². The minimum atomic E-state index is -0.788. The average molecular weight is 2130 g/mol. The second-order valence-electron chi connectivity index (χ2n) is 34.7. The molecule has 0 radical (unpaired) electrons. The highest BCUT2D eigenvalue weighted by Crippen LogP contribution is 2.45. The topological polar surface area (TPSA) is 279 Å². The van der Waals surface area contributed by atoms with E-state index in [0.29, 0.717) is 138 Å². The van der Waals surface area contributed by atoms with Crippen LogP contribution >= 0.6 is 58.0 Å². The van der Waals surface area contributed by atoms with E-state index in [1.54, 1.807) is 246 Å². The molecule has 148 heavy (non-hydrogen) atoms. The molecule has 0 aromatic heterocycles. The summed E-state index contributed by atoms with van der Waals surface area (Å²) in [5.41, 5.74) is 10.5. The van der Waals surface area contributed by atoms with Gasteiger partial charge in [0.1, 0.15) is 62.1 Å². The minimum Gasteiger partial charge on any atom is -0.493 e. The monoisotopic (exact) mass is 2130 g/mol. The van der Waals surface area contributed by atoms with Crippen LogP contribution in [-0.4, -0.2) is 173 Å². The van der Waals surface area contributed by atoms with E-state index in [-0.39, 0.29) is 117 Å². The van der Waals surface area contributed by atoms with E-state index in [1.807, 2.05) is 30.3 Å².